The van der Waals surface area contributed by atoms with E-state index in [0.29, 0.717) is 24.9 Å². The SMILES string of the molecule is CCOC(=O)C1CCCN(C(=O)NCC(Cc2ccccc2)(c2cccc(OC(F)(F)F)c2)c2cccc(OC(F)(F)F)c2)C1. The molecule has 2 amide bonds. The molecule has 4 rings (SSSR count). The Kier molecular flexibility index (Phi) is 10.5. The molecular weight excluding hydrogens is 606 g/mol. The third-order valence-corrected chi connectivity index (χ3v) is 7.46. The molecule has 0 radical (unpaired) electrons. The van der Waals surface area contributed by atoms with Gasteiger partial charge in [-0.2, -0.15) is 0 Å². The third-order valence-electron chi connectivity index (χ3n) is 7.46. The van der Waals surface area contributed by atoms with Crippen LogP contribution in [0.15, 0.2) is 78.9 Å². The molecule has 3 aromatic rings. The zero-order valence-corrected chi connectivity index (χ0v) is 24.3. The summed E-state index contributed by atoms with van der Waals surface area (Å²) in [6.45, 7) is 2.07. The van der Waals surface area contributed by atoms with E-state index in [-0.39, 0.29) is 37.2 Å². The number of carbonyl (C=O) groups is 2. The van der Waals surface area contributed by atoms with Crippen LogP contribution in [0.2, 0.25) is 0 Å². The summed E-state index contributed by atoms with van der Waals surface area (Å²) in [5, 5.41) is 2.85. The van der Waals surface area contributed by atoms with E-state index in [0.717, 1.165) is 24.3 Å². The van der Waals surface area contributed by atoms with E-state index in [2.05, 4.69) is 14.8 Å². The largest absolute Gasteiger partial charge is 0.573 e. The molecule has 1 heterocycles. The number of carbonyl (C=O) groups excluding carboxylic acids is 2. The number of benzene rings is 3. The van der Waals surface area contributed by atoms with Crippen molar-refractivity contribution in [3.63, 3.8) is 0 Å². The minimum Gasteiger partial charge on any atom is -0.466 e. The Bertz CT molecular complexity index is 1390. The first-order chi connectivity index (χ1) is 21.3. The molecule has 0 aromatic heterocycles. The van der Waals surface area contributed by atoms with Gasteiger partial charge in [0.25, 0.3) is 0 Å². The molecule has 1 saturated heterocycles. The second-order valence-corrected chi connectivity index (χ2v) is 10.6. The van der Waals surface area contributed by atoms with Gasteiger partial charge in [-0.15, -0.1) is 26.3 Å². The van der Waals surface area contributed by atoms with Crippen molar-refractivity contribution < 1.29 is 50.1 Å². The van der Waals surface area contributed by atoms with Crippen LogP contribution in [0.3, 0.4) is 0 Å². The molecule has 0 bridgehead atoms. The Balaban J connectivity index is 1.78. The van der Waals surface area contributed by atoms with E-state index < -0.39 is 47.6 Å². The number of rotatable bonds is 10. The third kappa shape index (κ3) is 9.29. The Morgan fingerprint density at radius 2 is 1.42 bits per heavy atom. The van der Waals surface area contributed by atoms with Gasteiger partial charge in [0, 0.05) is 25.0 Å². The van der Waals surface area contributed by atoms with Gasteiger partial charge in [-0.25, -0.2) is 4.79 Å². The number of amides is 2. The summed E-state index contributed by atoms with van der Waals surface area (Å²) in [5.74, 6) is -2.03. The van der Waals surface area contributed by atoms with Crippen LogP contribution in [0.5, 0.6) is 11.5 Å². The lowest BCUT2D eigenvalue weighted by Crippen LogP contribution is -2.51. The molecule has 1 aliphatic heterocycles. The fraction of sp³-hybridized carbons (Fsp3) is 0.375. The number of hydrogen-bond donors (Lipinski definition) is 1. The number of piperidine rings is 1. The van der Waals surface area contributed by atoms with Gasteiger partial charge >= 0.3 is 24.7 Å². The highest BCUT2D eigenvalue weighted by Gasteiger charge is 2.39. The second kappa shape index (κ2) is 14.1. The first-order valence-corrected chi connectivity index (χ1v) is 14.2. The highest BCUT2D eigenvalue weighted by Crippen LogP contribution is 2.40. The molecular formula is C32H32F6N2O5. The Morgan fingerprint density at radius 1 is 0.844 bits per heavy atom. The second-order valence-electron chi connectivity index (χ2n) is 10.6. The summed E-state index contributed by atoms with van der Waals surface area (Å²) in [7, 11) is 0. The summed E-state index contributed by atoms with van der Waals surface area (Å²) in [4.78, 5) is 27.3. The topological polar surface area (TPSA) is 77.1 Å². The van der Waals surface area contributed by atoms with Crippen LogP contribution in [-0.2, 0) is 21.4 Å². The molecule has 0 aliphatic carbocycles. The molecule has 7 nitrogen and oxygen atoms in total. The van der Waals surface area contributed by atoms with Gasteiger partial charge in [-0.05, 0) is 67.1 Å². The lowest BCUT2D eigenvalue weighted by molar-refractivity contribution is -0.275. The molecule has 0 saturated carbocycles. The average Bonchev–Trinajstić information content (AvgIpc) is 2.98. The van der Waals surface area contributed by atoms with Gasteiger partial charge < -0.3 is 24.4 Å². The van der Waals surface area contributed by atoms with Crippen molar-refractivity contribution in [2.24, 2.45) is 5.92 Å². The summed E-state index contributed by atoms with van der Waals surface area (Å²) in [5.41, 5.74) is -0.249. The van der Waals surface area contributed by atoms with Gasteiger partial charge in [0.15, 0.2) is 0 Å². The van der Waals surface area contributed by atoms with Gasteiger partial charge in [0.2, 0.25) is 0 Å². The van der Waals surface area contributed by atoms with E-state index in [9.17, 15) is 35.9 Å². The Morgan fingerprint density at radius 3 is 1.96 bits per heavy atom. The van der Waals surface area contributed by atoms with E-state index in [4.69, 9.17) is 4.74 Å². The Labute approximate surface area is 256 Å². The molecule has 1 aliphatic rings. The van der Waals surface area contributed by atoms with Gasteiger partial charge in [0.1, 0.15) is 11.5 Å². The van der Waals surface area contributed by atoms with Crippen LogP contribution in [0, 0.1) is 5.92 Å². The zero-order chi connectivity index (χ0) is 32.7. The first kappa shape index (κ1) is 33.5. The number of halogens is 6. The quantitative estimate of drug-likeness (QED) is 0.191. The summed E-state index contributed by atoms with van der Waals surface area (Å²) in [6.07, 6.45) is -8.86. The van der Waals surface area contributed by atoms with Crippen molar-refractivity contribution in [2.75, 3.05) is 26.2 Å². The van der Waals surface area contributed by atoms with Crippen LogP contribution in [0.25, 0.3) is 0 Å². The molecule has 1 atom stereocenters. The van der Waals surface area contributed by atoms with Gasteiger partial charge in [0.05, 0.1) is 12.5 Å². The van der Waals surface area contributed by atoms with Gasteiger partial charge in [-0.1, -0.05) is 54.6 Å². The maximum absolute atomic E-state index is 13.5. The molecule has 0 spiro atoms. The number of nitrogens with one attached hydrogen (secondary N) is 1. The lowest BCUT2D eigenvalue weighted by atomic mass is 9.70. The molecule has 1 N–H and O–H groups in total. The van der Waals surface area contributed by atoms with Crippen molar-refractivity contribution in [3.8, 4) is 11.5 Å². The maximum Gasteiger partial charge on any atom is 0.573 e. The smallest absolute Gasteiger partial charge is 0.466 e. The molecule has 45 heavy (non-hydrogen) atoms. The van der Waals surface area contributed by atoms with Gasteiger partial charge in [-0.3, -0.25) is 4.79 Å². The van der Waals surface area contributed by atoms with Crippen molar-refractivity contribution in [1.29, 1.82) is 0 Å². The molecule has 3 aromatic carbocycles. The highest BCUT2D eigenvalue weighted by atomic mass is 19.4. The lowest BCUT2D eigenvalue weighted by Gasteiger charge is -2.38. The van der Waals surface area contributed by atoms with E-state index >= 15 is 0 Å². The predicted molar refractivity (Wildman–Crippen MR) is 152 cm³/mol. The van der Waals surface area contributed by atoms with Crippen molar-refractivity contribution in [2.45, 2.75) is 44.3 Å². The first-order valence-electron chi connectivity index (χ1n) is 14.2. The highest BCUT2D eigenvalue weighted by molar-refractivity contribution is 5.77. The fourth-order valence-electron chi connectivity index (χ4n) is 5.52. The fourth-order valence-corrected chi connectivity index (χ4v) is 5.52. The Hall–Kier alpha value is -4.42. The number of urea groups is 1. The molecule has 1 fully saturated rings. The summed E-state index contributed by atoms with van der Waals surface area (Å²) in [6, 6.07) is 18.5. The molecule has 13 heteroatoms. The van der Waals surface area contributed by atoms with Crippen molar-refractivity contribution >= 4 is 12.0 Å². The standard InChI is InChI=1S/C32H32F6N2O5/c1-2-43-28(41)23-11-8-16-40(20-23)29(42)39-21-30(19-22-9-4-3-5-10-22,24-12-6-14-26(17-24)44-31(33,34)35)25-13-7-15-27(18-25)45-32(36,37)38/h3-7,9-10,12-15,17-18,23H,2,8,11,16,19-21H2,1H3,(H,39,42). The predicted octanol–water partition coefficient (Wildman–Crippen LogP) is 7.00. The maximum atomic E-state index is 13.5. The number of nitrogens with zero attached hydrogens (tertiary/aromatic N) is 1. The van der Waals surface area contributed by atoms with Crippen LogP contribution in [0.4, 0.5) is 31.1 Å². The minimum absolute atomic E-state index is 0.0600. The van der Waals surface area contributed by atoms with E-state index in [1.165, 1.54) is 29.2 Å². The van der Waals surface area contributed by atoms with Crippen molar-refractivity contribution in [1.82, 2.24) is 10.2 Å². The average molecular weight is 639 g/mol. The summed E-state index contributed by atoms with van der Waals surface area (Å²) < 4.78 is 92.7. The van der Waals surface area contributed by atoms with Crippen LogP contribution >= 0.6 is 0 Å². The molecule has 1 unspecified atom stereocenters. The normalized spacial score (nSPS) is 15.7. The minimum atomic E-state index is -5.00. The zero-order valence-electron chi connectivity index (χ0n) is 24.3. The number of esters is 1. The van der Waals surface area contributed by atoms with E-state index in [1.807, 2.05) is 0 Å². The van der Waals surface area contributed by atoms with E-state index in [1.54, 1.807) is 37.3 Å². The number of ether oxygens (including phenoxy) is 3. The van der Waals surface area contributed by atoms with Crippen LogP contribution < -0.4 is 14.8 Å². The number of likely N-dealkylation sites (tertiary alicyclic amines) is 1. The molecule has 242 valence electrons. The van der Waals surface area contributed by atoms with Crippen LogP contribution in [-0.4, -0.2) is 55.9 Å². The van der Waals surface area contributed by atoms with Crippen LogP contribution in [0.1, 0.15) is 36.5 Å². The summed E-state index contributed by atoms with van der Waals surface area (Å²) >= 11 is 0. The monoisotopic (exact) mass is 638 g/mol. The van der Waals surface area contributed by atoms with Crippen molar-refractivity contribution in [3.05, 3.63) is 95.6 Å². The number of hydrogen-bond acceptors (Lipinski definition) is 5. The number of alkyl halides is 6.